The van der Waals surface area contributed by atoms with Crippen LogP contribution in [0, 0.1) is 6.92 Å². The lowest BCUT2D eigenvalue weighted by atomic mass is 10.2. The van der Waals surface area contributed by atoms with Crippen LogP contribution < -0.4 is 4.74 Å². The Bertz CT molecular complexity index is 837. The van der Waals surface area contributed by atoms with Gasteiger partial charge < -0.3 is 13.7 Å². The highest BCUT2D eigenvalue weighted by Gasteiger charge is 2.21. The number of oxazole rings is 1. The minimum Gasteiger partial charge on any atom is -0.497 e. The molecule has 124 valence electrons. The fourth-order valence-electron chi connectivity index (χ4n) is 2.95. The topological polar surface area (TPSA) is 69.2 Å². The molecule has 24 heavy (non-hydrogen) atoms. The lowest BCUT2D eigenvalue weighted by Crippen LogP contribution is -2.33. The molecule has 0 aliphatic carbocycles. The molecular formula is C17H19N5O2. The van der Waals surface area contributed by atoms with Gasteiger partial charge in [-0.1, -0.05) is 0 Å². The van der Waals surface area contributed by atoms with Crippen molar-refractivity contribution >= 4 is 0 Å². The summed E-state index contributed by atoms with van der Waals surface area (Å²) in [5.74, 6) is 4.28. The van der Waals surface area contributed by atoms with E-state index in [-0.39, 0.29) is 0 Å². The number of aryl methyl sites for hydroxylation is 1. The molecule has 3 heterocycles. The van der Waals surface area contributed by atoms with Crippen LogP contribution >= 0.6 is 0 Å². The number of rotatable bonds is 4. The van der Waals surface area contributed by atoms with Crippen molar-refractivity contribution in [2.24, 2.45) is 0 Å². The average molecular weight is 325 g/mol. The van der Waals surface area contributed by atoms with Gasteiger partial charge in [0, 0.05) is 18.7 Å². The van der Waals surface area contributed by atoms with Crippen LogP contribution in [0.3, 0.4) is 0 Å². The Kier molecular flexibility index (Phi) is 3.78. The molecule has 1 aromatic carbocycles. The third-order valence-electron chi connectivity index (χ3n) is 4.30. The zero-order valence-electron chi connectivity index (χ0n) is 13.8. The Morgan fingerprint density at radius 3 is 2.79 bits per heavy atom. The monoisotopic (exact) mass is 325 g/mol. The summed E-state index contributed by atoms with van der Waals surface area (Å²) in [5.41, 5.74) is 0.989. The number of benzene rings is 1. The minimum atomic E-state index is 0.669. The molecule has 0 N–H and O–H groups in total. The third-order valence-corrected chi connectivity index (χ3v) is 4.30. The van der Waals surface area contributed by atoms with Crippen LogP contribution in [0.2, 0.25) is 0 Å². The van der Waals surface area contributed by atoms with Crippen LogP contribution in [-0.2, 0) is 19.6 Å². The summed E-state index contributed by atoms with van der Waals surface area (Å²) in [6.07, 6.45) is 1.77. The van der Waals surface area contributed by atoms with E-state index in [0.717, 1.165) is 48.4 Å². The second-order valence-corrected chi connectivity index (χ2v) is 5.87. The van der Waals surface area contributed by atoms with Crippen LogP contribution in [0.4, 0.5) is 0 Å². The van der Waals surface area contributed by atoms with Crippen molar-refractivity contribution < 1.29 is 9.15 Å². The second kappa shape index (κ2) is 6.09. The molecule has 0 saturated heterocycles. The number of fused-ring (bicyclic) bond motifs is 1. The molecule has 2 aromatic heterocycles. The van der Waals surface area contributed by atoms with Crippen LogP contribution in [0.1, 0.15) is 17.5 Å². The van der Waals surface area contributed by atoms with Crippen molar-refractivity contribution in [2.75, 3.05) is 13.7 Å². The van der Waals surface area contributed by atoms with Crippen molar-refractivity contribution in [3.05, 3.63) is 48.0 Å². The Labute approximate surface area is 139 Å². The molecule has 0 spiro atoms. The molecule has 7 heteroatoms. The van der Waals surface area contributed by atoms with E-state index in [1.165, 1.54) is 0 Å². The first-order valence-corrected chi connectivity index (χ1v) is 7.93. The van der Waals surface area contributed by atoms with E-state index in [1.807, 2.05) is 31.2 Å². The fraction of sp³-hybridized carbons (Fsp3) is 0.353. The SMILES string of the molecule is COc1ccc(-c2cnc(CN3CCn4c(C)nnc4C3)o2)cc1. The van der Waals surface area contributed by atoms with Crippen LogP contribution in [-0.4, -0.2) is 38.3 Å². The molecule has 3 aromatic rings. The molecule has 0 radical (unpaired) electrons. The Balaban J connectivity index is 1.45. The molecule has 4 rings (SSSR count). The van der Waals surface area contributed by atoms with Gasteiger partial charge in [0.1, 0.15) is 17.4 Å². The van der Waals surface area contributed by atoms with Crippen LogP contribution in [0.25, 0.3) is 11.3 Å². The van der Waals surface area contributed by atoms with Crippen LogP contribution in [0.5, 0.6) is 5.75 Å². The minimum absolute atomic E-state index is 0.669. The van der Waals surface area contributed by atoms with Crippen molar-refractivity contribution in [1.82, 2.24) is 24.6 Å². The summed E-state index contributed by atoms with van der Waals surface area (Å²) < 4.78 is 13.2. The quantitative estimate of drug-likeness (QED) is 0.733. The van der Waals surface area contributed by atoms with Gasteiger partial charge in [0.05, 0.1) is 26.4 Å². The summed E-state index contributed by atoms with van der Waals surface area (Å²) in [6.45, 7) is 5.26. The van der Waals surface area contributed by atoms with Gasteiger partial charge in [0.2, 0.25) is 5.89 Å². The summed E-state index contributed by atoms with van der Waals surface area (Å²) >= 11 is 0. The van der Waals surface area contributed by atoms with Gasteiger partial charge >= 0.3 is 0 Å². The van der Waals surface area contributed by atoms with Gasteiger partial charge in [0.25, 0.3) is 0 Å². The van der Waals surface area contributed by atoms with E-state index < -0.39 is 0 Å². The number of hydrogen-bond acceptors (Lipinski definition) is 6. The molecule has 0 bridgehead atoms. The van der Waals surface area contributed by atoms with E-state index in [2.05, 4.69) is 24.6 Å². The zero-order valence-corrected chi connectivity index (χ0v) is 13.8. The van der Waals surface area contributed by atoms with Crippen molar-refractivity contribution in [3.8, 4) is 17.1 Å². The normalized spacial score (nSPS) is 14.6. The Hall–Kier alpha value is -2.67. The molecule has 1 aliphatic heterocycles. The third kappa shape index (κ3) is 2.78. The van der Waals surface area contributed by atoms with Gasteiger partial charge in [-0.15, -0.1) is 10.2 Å². The number of methoxy groups -OCH3 is 1. The molecule has 0 saturated carbocycles. The van der Waals surface area contributed by atoms with Crippen molar-refractivity contribution in [3.63, 3.8) is 0 Å². The molecule has 1 aliphatic rings. The fourth-order valence-corrected chi connectivity index (χ4v) is 2.95. The summed E-state index contributed by atoms with van der Waals surface area (Å²) in [5, 5.41) is 8.36. The maximum absolute atomic E-state index is 5.90. The highest BCUT2D eigenvalue weighted by Crippen LogP contribution is 2.24. The molecule has 0 atom stereocenters. The average Bonchev–Trinajstić information content (AvgIpc) is 3.22. The predicted octanol–water partition coefficient (Wildman–Crippen LogP) is 2.27. The second-order valence-electron chi connectivity index (χ2n) is 5.87. The predicted molar refractivity (Wildman–Crippen MR) is 87.4 cm³/mol. The standard InChI is InChI=1S/C17H19N5O2/c1-12-19-20-16-10-21(7-8-22(12)16)11-17-18-9-15(24-17)13-3-5-14(23-2)6-4-13/h3-6,9H,7-8,10-11H2,1-2H3. The lowest BCUT2D eigenvalue weighted by Gasteiger charge is -2.26. The highest BCUT2D eigenvalue weighted by molar-refractivity contribution is 5.57. The number of hydrogen-bond donors (Lipinski definition) is 0. The molecule has 0 unspecified atom stereocenters. The van der Waals surface area contributed by atoms with E-state index in [0.29, 0.717) is 12.4 Å². The Morgan fingerprint density at radius 2 is 2.00 bits per heavy atom. The first-order chi connectivity index (χ1) is 11.7. The Morgan fingerprint density at radius 1 is 1.17 bits per heavy atom. The van der Waals surface area contributed by atoms with Gasteiger partial charge in [-0.25, -0.2) is 4.98 Å². The smallest absolute Gasteiger partial charge is 0.209 e. The maximum Gasteiger partial charge on any atom is 0.209 e. The molecular weight excluding hydrogens is 306 g/mol. The maximum atomic E-state index is 5.90. The van der Waals surface area contributed by atoms with E-state index >= 15 is 0 Å². The largest absolute Gasteiger partial charge is 0.497 e. The van der Waals surface area contributed by atoms with Crippen molar-refractivity contribution in [1.29, 1.82) is 0 Å². The van der Waals surface area contributed by atoms with Gasteiger partial charge in [-0.3, -0.25) is 4.90 Å². The van der Waals surface area contributed by atoms with E-state index in [9.17, 15) is 0 Å². The summed E-state index contributed by atoms with van der Waals surface area (Å²) in [7, 11) is 1.66. The molecule has 7 nitrogen and oxygen atoms in total. The lowest BCUT2D eigenvalue weighted by molar-refractivity contribution is 0.190. The molecule has 0 fully saturated rings. The number of ether oxygens (including phenoxy) is 1. The number of aromatic nitrogens is 4. The van der Waals surface area contributed by atoms with Gasteiger partial charge in [-0.2, -0.15) is 0 Å². The van der Waals surface area contributed by atoms with Crippen LogP contribution in [0.15, 0.2) is 34.9 Å². The highest BCUT2D eigenvalue weighted by atomic mass is 16.5. The number of nitrogens with zero attached hydrogens (tertiary/aromatic N) is 5. The zero-order chi connectivity index (χ0) is 16.5. The first kappa shape index (κ1) is 14.9. The van der Waals surface area contributed by atoms with Crippen molar-refractivity contribution in [2.45, 2.75) is 26.6 Å². The van der Waals surface area contributed by atoms with Gasteiger partial charge in [0.15, 0.2) is 5.76 Å². The summed E-state index contributed by atoms with van der Waals surface area (Å²) in [6, 6.07) is 7.76. The van der Waals surface area contributed by atoms with E-state index in [4.69, 9.17) is 9.15 Å². The summed E-state index contributed by atoms with van der Waals surface area (Å²) in [4.78, 5) is 6.68. The first-order valence-electron chi connectivity index (χ1n) is 7.93. The van der Waals surface area contributed by atoms with E-state index in [1.54, 1.807) is 13.3 Å². The van der Waals surface area contributed by atoms with Gasteiger partial charge in [-0.05, 0) is 31.2 Å². The molecule has 0 amide bonds.